The van der Waals surface area contributed by atoms with E-state index in [2.05, 4.69) is 22.9 Å². The highest BCUT2D eigenvalue weighted by atomic mass is 32.1. The quantitative estimate of drug-likeness (QED) is 0.825. The van der Waals surface area contributed by atoms with Gasteiger partial charge in [-0.05, 0) is 36.8 Å². The van der Waals surface area contributed by atoms with Gasteiger partial charge in [0.15, 0.2) is 0 Å². The van der Waals surface area contributed by atoms with Crippen molar-refractivity contribution in [1.82, 2.24) is 4.98 Å². The van der Waals surface area contributed by atoms with E-state index in [1.807, 2.05) is 0 Å². The number of nitrogens with zero attached hydrogens (tertiary/aromatic N) is 1. The molecule has 0 aliphatic rings. The Morgan fingerprint density at radius 2 is 1.95 bits per heavy atom. The Kier molecular flexibility index (Phi) is 4.22. The molecule has 1 aromatic heterocycles. The molecule has 1 aromatic carbocycles. The number of amides is 1. The summed E-state index contributed by atoms with van der Waals surface area (Å²) in [5.41, 5.74) is 0.332. The minimum Gasteiger partial charge on any atom is -0.321 e. The van der Waals surface area contributed by atoms with Gasteiger partial charge in [0.1, 0.15) is 5.69 Å². The lowest BCUT2D eigenvalue weighted by Crippen LogP contribution is -2.14. The van der Waals surface area contributed by atoms with Gasteiger partial charge in [0, 0.05) is 10.5 Å². The third kappa shape index (κ3) is 3.75. The first-order valence-corrected chi connectivity index (χ1v) is 6.36. The number of halogens is 3. The number of aryl methyl sites for hydroxylation is 1. The van der Waals surface area contributed by atoms with E-state index in [1.165, 1.54) is 0 Å². The Morgan fingerprint density at radius 3 is 2.52 bits per heavy atom. The van der Waals surface area contributed by atoms with Crippen LogP contribution in [0.15, 0.2) is 41.4 Å². The molecule has 1 N–H and O–H groups in total. The highest BCUT2D eigenvalue weighted by Gasteiger charge is 2.32. The molecule has 0 spiro atoms. The molecule has 0 aliphatic carbocycles. The van der Waals surface area contributed by atoms with Crippen LogP contribution in [0.3, 0.4) is 0 Å². The normalized spacial score (nSPS) is 11.3. The number of benzene rings is 1. The number of aromatic nitrogens is 1. The van der Waals surface area contributed by atoms with Gasteiger partial charge in [0.05, 0.1) is 11.9 Å². The van der Waals surface area contributed by atoms with E-state index in [1.54, 1.807) is 25.1 Å². The van der Waals surface area contributed by atoms with Crippen LogP contribution in [0.5, 0.6) is 0 Å². The summed E-state index contributed by atoms with van der Waals surface area (Å²) in [6.07, 6.45) is -3.53. The van der Waals surface area contributed by atoms with Crippen LogP contribution in [0.1, 0.15) is 21.6 Å². The van der Waals surface area contributed by atoms with Crippen molar-refractivity contribution < 1.29 is 18.0 Å². The molecule has 3 nitrogen and oxygen atoms in total. The lowest BCUT2D eigenvalue weighted by molar-refractivity contribution is -0.141. The van der Waals surface area contributed by atoms with Gasteiger partial charge in [-0.25, -0.2) is 4.98 Å². The fraction of sp³-hybridized carbons (Fsp3) is 0.143. The number of carbonyl (C=O) groups is 1. The van der Waals surface area contributed by atoms with Crippen LogP contribution in [0.25, 0.3) is 0 Å². The minimum absolute atomic E-state index is 0.192. The Labute approximate surface area is 124 Å². The summed E-state index contributed by atoms with van der Waals surface area (Å²) < 4.78 is 37.2. The van der Waals surface area contributed by atoms with Gasteiger partial charge in [-0.3, -0.25) is 4.79 Å². The Morgan fingerprint density at radius 1 is 1.24 bits per heavy atom. The first kappa shape index (κ1) is 15.4. The number of nitrogens with one attached hydrogen (secondary N) is 1. The first-order valence-electron chi connectivity index (χ1n) is 5.91. The van der Waals surface area contributed by atoms with Crippen LogP contribution in [-0.4, -0.2) is 10.9 Å². The van der Waals surface area contributed by atoms with Crippen molar-refractivity contribution >= 4 is 24.2 Å². The third-order valence-electron chi connectivity index (χ3n) is 2.78. The highest BCUT2D eigenvalue weighted by molar-refractivity contribution is 7.80. The molecule has 0 bridgehead atoms. The number of hydrogen-bond donors (Lipinski definition) is 2. The highest BCUT2D eigenvalue weighted by Crippen LogP contribution is 2.27. The van der Waals surface area contributed by atoms with Gasteiger partial charge < -0.3 is 5.32 Å². The van der Waals surface area contributed by atoms with Gasteiger partial charge in [0.25, 0.3) is 5.91 Å². The van der Waals surface area contributed by atoms with Gasteiger partial charge in [0.2, 0.25) is 0 Å². The standard InChI is InChI=1S/C14H11F3N2OS/c1-8-2-4-10(21)6-11(8)13(20)19-9-3-5-12(18-7-9)14(15,16)17/h2-7,21H,1H3,(H,19,20). The summed E-state index contributed by atoms with van der Waals surface area (Å²) in [6.45, 7) is 1.76. The second kappa shape index (κ2) is 5.77. The number of hydrogen-bond acceptors (Lipinski definition) is 3. The molecule has 0 radical (unpaired) electrons. The van der Waals surface area contributed by atoms with E-state index in [-0.39, 0.29) is 5.69 Å². The van der Waals surface area contributed by atoms with Crippen LogP contribution in [0.4, 0.5) is 18.9 Å². The second-order valence-corrected chi connectivity index (χ2v) is 4.90. The number of thiol groups is 1. The van der Waals surface area contributed by atoms with Crippen LogP contribution in [0, 0.1) is 6.92 Å². The maximum atomic E-state index is 12.4. The van der Waals surface area contributed by atoms with E-state index < -0.39 is 17.8 Å². The van der Waals surface area contributed by atoms with E-state index in [4.69, 9.17) is 0 Å². The monoisotopic (exact) mass is 312 g/mol. The number of anilines is 1. The van der Waals surface area contributed by atoms with Gasteiger partial charge in [-0.15, -0.1) is 12.6 Å². The molecule has 0 atom stereocenters. The van der Waals surface area contributed by atoms with E-state index >= 15 is 0 Å². The number of rotatable bonds is 2. The molecule has 0 saturated carbocycles. The molecule has 110 valence electrons. The summed E-state index contributed by atoms with van der Waals surface area (Å²) in [4.78, 5) is 16.0. The Hall–Kier alpha value is -2.02. The zero-order valence-electron chi connectivity index (χ0n) is 10.9. The molecular weight excluding hydrogens is 301 g/mol. The summed E-state index contributed by atoms with van der Waals surface area (Å²) in [6, 6.07) is 7.05. The predicted molar refractivity (Wildman–Crippen MR) is 75.6 cm³/mol. The Bertz CT molecular complexity index is 669. The number of alkyl halides is 3. The van der Waals surface area contributed by atoms with Crippen LogP contribution in [0.2, 0.25) is 0 Å². The lowest BCUT2D eigenvalue weighted by Gasteiger charge is -2.09. The van der Waals surface area contributed by atoms with Crippen LogP contribution in [-0.2, 0) is 6.18 Å². The predicted octanol–water partition coefficient (Wildman–Crippen LogP) is 3.95. The molecule has 1 heterocycles. The maximum absolute atomic E-state index is 12.4. The molecule has 0 saturated heterocycles. The molecular formula is C14H11F3N2OS. The molecule has 0 fully saturated rings. The third-order valence-corrected chi connectivity index (χ3v) is 3.06. The first-order chi connectivity index (χ1) is 9.77. The van der Waals surface area contributed by atoms with Gasteiger partial charge in [-0.1, -0.05) is 6.07 Å². The summed E-state index contributed by atoms with van der Waals surface area (Å²) in [5, 5.41) is 2.50. The number of carbonyl (C=O) groups excluding carboxylic acids is 1. The molecule has 0 unspecified atom stereocenters. The zero-order valence-corrected chi connectivity index (χ0v) is 11.8. The Balaban J connectivity index is 2.18. The number of pyridine rings is 1. The smallest absolute Gasteiger partial charge is 0.321 e. The summed E-state index contributed by atoms with van der Waals surface area (Å²) in [7, 11) is 0. The van der Waals surface area contributed by atoms with E-state index in [0.29, 0.717) is 10.5 Å². The molecule has 0 aliphatic heterocycles. The molecule has 2 aromatic rings. The van der Waals surface area contributed by atoms with Gasteiger partial charge >= 0.3 is 6.18 Å². The molecule has 2 rings (SSSR count). The maximum Gasteiger partial charge on any atom is 0.433 e. The van der Waals surface area contributed by atoms with Crippen molar-refractivity contribution in [3.05, 3.63) is 53.3 Å². The van der Waals surface area contributed by atoms with Gasteiger partial charge in [-0.2, -0.15) is 13.2 Å². The lowest BCUT2D eigenvalue weighted by atomic mass is 10.1. The summed E-state index contributed by atoms with van der Waals surface area (Å²) in [5.74, 6) is -0.426. The fourth-order valence-electron chi connectivity index (χ4n) is 1.69. The molecule has 1 amide bonds. The van der Waals surface area contributed by atoms with Crippen molar-refractivity contribution in [3.8, 4) is 0 Å². The minimum atomic E-state index is -4.50. The van der Waals surface area contributed by atoms with Crippen molar-refractivity contribution in [3.63, 3.8) is 0 Å². The second-order valence-electron chi connectivity index (χ2n) is 4.38. The topological polar surface area (TPSA) is 42.0 Å². The average molecular weight is 312 g/mol. The van der Waals surface area contributed by atoms with Crippen LogP contribution >= 0.6 is 12.6 Å². The van der Waals surface area contributed by atoms with Crippen molar-refractivity contribution in [1.29, 1.82) is 0 Å². The van der Waals surface area contributed by atoms with Crippen LogP contribution < -0.4 is 5.32 Å². The summed E-state index contributed by atoms with van der Waals surface area (Å²) >= 11 is 4.15. The molecule has 21 heavy (non-hydrogen) atoms. The van der Waals surface area contributed by atoms with Crippen molar-refractivity contribution in [2.24, 2.45) is 0 Å². The van der Waals surface area contributed by atoms with Crippen molar-refractivity contribution in [2.75, 3.05) is 5.32 Å². The zero-order chi connectivity index (χ0) is 15.6. The largest absolute Gasteiger partial charge is 0.433 e. The van der Waals surface area contributed by atoms with Crippen molar-refractivity contribution in [2.45, 2.75) is 18.0 Å². The SMILES string of the molecule is Cc1ccc(S)cc1C(=O)Nc1ccc(C(F)(F)F)nc1. The van der Waals surface area contributed by atoms with E-state index in [0.717, 1.165) is 23.9 Å². The molecule has 7 heteroatoms. The fourth-order valence-corrected chi connectivity index (χ4v) is 1.89. The average Bonchev–Trinajstić information content (AvgIpc) is 2.41. The van der Waals surface area contributed by atoms with E-state index in [9.17, 15) is 18.0 Å².